The first kappa shape index (κ1) is 16.5. The van der Waals surface area contributed by atoms with E-state index in [0.717, 1.165) is 39.0 Å². The highest BCUT2D eigenvalue weighted by Gasteiger charge is 2.12. The maximum Gasteiger partial charge on any atom is 0.248 e. The van der Waals surface area contributed by atoms with E-state index >= 15 is 0 Å². The van der Waals surface area contributed by atoms with Gasteiger partial charge in [-0.3, -0.25) is 4.79 Å². The highest BCUT2D eigenvalue weighted by molar-refractivity contribution is 5.97. The summed E-state index contributed by atoms with van der Waals surface area (Å²) in [4.78, 5) is 21.9. The third kappa shape index (κ3) is 2.92. The van der Waals surface area contributed by atoms with Gasteiger partial charge < -0.3 is 14.7 Å². The van der Waals surface area contributed by atoms with Gasteiger partial charge in [0.1, 0.15) is 11.4 Å². The number of nitrogens with zero attached hydrogens (tertiary/aromatic N) is 1. The molecule has 0 spiro atoms. The molecule has 126 valence electrons. The zero-order valence-corrected chi connectivity index (χ0v) is 13.0. The summed E-state index contributed by atoms with van der Waals surface area (Å²) in [5, 5.41) is 0.984. The summed E-state index contributed by atoms with van der Waals surface area (Å²) in [7, 11) is 1.66. The van der Waals surface area contributed by atoms with E-state index in [-0.39, 0.29) is 13.0 Å². The largest absolute Gasteiger partial charge is 0.496 e. The highest BCUT2D eigenvalue weighted by atomic mass is 16.5. The smallest absolute Gasteiger partial charge is 0.248 e. The monoisotopic (exact) mass is 333 g/mol. The Bertz CT molecular complexity index is 1080. The van der Waals surface area contributed by atoms with Gasteiger partial charge in [-0.2, -0.15) is 0 Å². The molecule has 5 heteroatoms. The van der Waals surface area contributed by atoms with Crippen LogP contribution in [0.3, 0.4) is 0 Å². The fourth-order valence-electron chi connectivity index (χ4n) is 2.88. The zero-order chi connectivity index (χ0) is 16.5. The van der Waals surface area contributed by atoms with Gasteiger partial charge >= 0.3 is 0 Å². The van der Waals surface area contributed by atoms with Crippen molar-refractivity contribution in [3.63, 3.8) is 0 Å². The number of rotatable bonds is 3. The van der Waals surface area contributed by atoms with Crippen molar-refractivity contribution in [1.29, 1.82) is 0 Å². The van der Waals surface area contributed by atoms with E-state index in [4.69, 9.17) is 4.74 Å². The molecule has 3 aromatic heterocycles. The summed E-state index contributed by atoms with van der Waals surface area (Å²) >= 11 is 0. The molecule has 0 saturated heterocycles. The maximum absolute atomic E-state index is 11.6. The lowest BCUT2D eigenvalue weighted by Crippen LogP contribution is -2.02. The maximum atomic E-state index is 11.6. The lowest BCUT2D eigenvalue weighted by Gasteiger charge is -2.07. The summed E-state index contributed by atoms with van der Waals surface area (Å²) in [6.45, 7) is 0. The first-order valence-corrected chi connectivity index (χ1v) is 7.56. The van der Waals surface area contributed by atoms with E-state index in [1.807, 2.05) is 42.6 Å². The third-order valence-electron chi connectivity index (χ3n) is 4.04. The van der Waals surface area contributed by atoms with Gasteiger partial charge in [-0.25, -0.2) is 4.98 Å². The second-order valence-corrected chi connectivity index (χ2v) is 5.46. The number of aromatic nitrogens is 3. The second-order valence-electron chi connectivity index (χ2n) is 5.46. The van der Waals surface area contributed by atoms with Gasteiger partial charge in [-0.1, -0.05) is 25.6 Å². The molecule has 0 aliphatic carbocycles. The number of aromatic amines is 2. The van der Waals surface area contributed by atoms with E-state index in [2.05, 4.69) is 15.0 Å². The SMILES string of the molecule is C.COc1ccccc1-c1c[nH]c2ncc(-c3cc[nH]c(=O)c3)cc12. The molecule has 3 heterocycles. The number of hydrogen-bond acceptors (Lipinski definition) is 3. The van der Waals surface area contributed by atoms with Crippen LogP contribution in [-0.2, 0) is 0 Å². The van der Waals surface area contributed by atoms with Crippen molar-refractivity contribution < 1.29 is 4.74 Å². The summed E-state index contributed by atoms with van der Waals surface area (Å²) in [5.41, 5.74) is 4.40. The molecule has 0 unspecified atom stereocenters. The average Bonchev–Trinajstić information content (AvgIpc) is 3.04. The van der Waals surface area contributed by atoms with Crippen molar-refractivity contribution in [1.82, 2.24) is 15.0 Å². The molecule has 0 radical (unpaired) electrons. The van der Waals surface area contributed by atoms with Gasteiger partial charge in [-0.05, 0) is 23.8 Å². The minimum atomic E-state index is -0.133. The van der Waals surface area contributed by atoms with Gasteiger partial charge in [0.2, 0.25) is 5.56 Å². The van der Waals surface area contributed by atoms with Crippen LogP contribution in [0.25, 0.3) is 33.3 Å². The molecular formula is C20H19N3O2. The van der Waals surface area contributed by atoms with Crippen LogP contribution >= 0.6 is 0 Å². The predicted molar refractivity (Wildman–Crippen MR) is 101 cm³/mol. The molecule has 0 saturated carbocycles. The topological polar surface area (TPSA) is 70.8 Å². The van der Waals surface area contributed by atoms with Gasteiger partial charge in [0.15, 0.2) is 0 Å². The first-order valence-electron chi connectivity index (χ1n) is 7.56. The van der Waals surface area contributed by atoms with Gasteiger partial charge in [-0.15, -0.1) is 0 Å². The molecule has 0 amide bonds. The third-order valence-corrected chi connectivity index (χ3v) is 4.04. The van der Waals surface area contributed by atoms with E-state index in [0.29, 0.717) is 0 Å². The highest BCUT2D eigenvalue weighted by Crippen LogP contribution is 2.35. The number of ether oxygens (including phenoxy) is 1. The second kappa shape index (κ2) is 6.65. The van der Waals surface area contributed by atoms with Crippen molar-refractivity contribution in [3.8, 4) is 28.0 Å². The Kier molecular flexibility index (Phi) is 4.39. The van der Waals surface area contributed by atoms with Crippen LogP contribution in [0.15, 0.2) is 65.8 Å². The van der Waals surface area contributed by atoms with Crippen LogP contribution in [-0.4, -0.2) is 22.1 Å². The number of H-pyrrole nitrogens is 2. The zero-order valence-electron chi connectivity index (χ0n) is 13.0. The number of benzene rings is 1. The number of methoxy groups -OCH3 is 1. The standard InChI is InChI=1S/C19H15N3O2.CH4/c1-24-17-5-3-2-4-14(17)16-11-22-19-15(16)8-13(10-21-19)12-6-7-20-18(23)9-12;/h2-11H,1H3,(H,20,23)(H,21,22);1H4. The van der Waals surface area contributed by atoms with Gasteiger partial charge in [0, 0.05) is 46.7 Å². The number of hydrogen-bond donors (Lipinski definition) is 2. The first-order chi connectivity index (χ1) is 11.8. The van der Waals surface area contributed by atoms with Crippen molar-refractivity contribution in [3.05, 3.63) is 71.4 Å². The molecular weight excluding hydrogens is 314 g/mol. The van der Waals surface area contributed by atoms with Crippen LogP contribution < -0.4 is 10.3 Å². The average molecular weight is 333 g/mol. The molecule has 0 atom stereocenters. The van der Waals surface area contributed by atoms with E-state index in [9.17, 15) is 4.79 Å². The Labute approximate surface area is 145 Å². The Balaban J connectivity index is 0.00000182. The van der Waals surface area contributed by atoms with Gasteiger partial charge in [0.05, 0.1) is 7.11 Å². The molecule has 2 N–H and O–H groups in total. The van der Waals surface area contributed by atoms with E-state index in [1.54, 1.807) is 25.6 Å². The van der Waals surface area contributed by atoms with E-state index in [1.165, 1.54) is 0 Å². The lowest BCUT2D eigenvalue weighted by molar-refractivity contribution is 0.416. The van der Waals surface area contributed by atoms with Crippen molar-refractivity contribution in [2.24, 2.45) is 0 Å². The Hall–Kier alpha value is -3.34. The minimum Gasteiger partial charge on any atom is -0.496 e. The van der Waals surface area contributed by atoms with Crippen molar-refractivity contribution >= 4 is 11.0 Å². The fraction of sp³-hybridized carbons (Fsp3) is 0.100. The van der Waals surface area contributed by atoms with Gasteiger partial charge in [0.25, 0.3) is 0 Å². The summed E-state index contributed by atoms with van der Waals surface area (Å²) in [6.07, 6.45) is 5.33. The van der Waals surface area contributed by atoms with Crippen molar-refractivity contribution in [2.45, 2.75) is 7.43 Å². The van der Waals surface area contributed by atoms with Crippen LogP contribution in [0.5, 0.6) is 5.75 Å². The molecule has 25 heavy (non-hydrogen) atoms. The minimum absolute atomic E-state index is 0. The number of fused-ring (bicyclic) bond motifs is 1. The quantitative estimate of drug-likeness (QED) is 0.589. The Morgan fingerprint density at radius 3 is 2.64 bits per heavy atom. The molecule has 4 aromatic rings. The Morgan fingerprint density at radius 1 is 1.00 bits per heavy atom. The number of para-hydroxylation sites is 1. The van der Waals surface area contributed by atoms with Crippen LogP contribution in [0.1, 0.15) is 7.43 Å². The molecule has 0 bridgehead atoms. The summed E-state index contributed by atoms with van der Waals surface area (Å²) in [5.74, 6) is 0.806. The van der Waals surface area contributed by atoms with Crippen LogP contribution in [0.4, 0.5) is 0 Å². The number of nitrogens with one attached hydrogen (secondary N) is 2. The molecule has 4 rings (SSSR count). The van der Waals surface area contributed by atoms with Crippen LogP contribution in [0, 0.1) is 0 Å². The van der Waals surface area contributed by atoms with Crippen LogP contribution in [0.2, 0.25) is 0 Å². The molecule has 1 aromatic carbocycles. The normalized spacial score (nSPS) is 10.4. The fourth-order valence-corrected chi connectivity index (χ4v) is 2.88. The predicted octanol–water partition coefficient (Wildman–Crippen LogP) is 4.23. The molecule has 0 fully saturated rings. The molecule has 0 aliphatic heterocycles. The van der Waals surface area contributed by atoms with Crippen molar-refractivity contribution in [2.75, 3.05) is 7.11 Å². The number of pyridine rings is 2. The van der Waals surface area contributed by atoms with E-state index < -0.39 is 0 Å². The molecule has 0 aliphatic rings. The summed E-state index contributed by atoms with van der Waals surface area (Å²) < 4.78 is 5.47. The summed E-state index contributed by atoms with van der Waals surface area (Å²) in [6, 6.07) is 13.3. The Morgan fingerprint density at radius 2 is 1.84 bits per heavy atom. The molecule has 5 nitrogen and oxygen atoms in total. The lowest BCUT2D eigenvalue weighted by atomic mass is 10.0.